The van der Waals surface area contributed by atoms with E-state index in [-0.39, 0.29) is 11.7 Å². The molecule has 1 unspecified atom stereocenters. The van der Waals surface area contributed by atoms with Gasteiger partial charge in [-0.3, -0.25) is 15.6 Å². The zero-order chi connectivity index (χ0) is 15.2. The molecule has 1 atom stereocenters. The summed E-state index contributed by atoms with van der Waals surface area (Å²) in [5.74, 6) is 0.155. The van der Waals surface area contributed by atoms with Gasteiger partial charge in [0.15, 0.2) is 10.8 Å². The van der Waals surface area contributed by atoms with Crippen LogP contribution in [0.25, 0.3) is 0 Å². The number of benzene rings is 1. The summed E-state index contributed by atoms with van der Waals surface area (Å²) in [6.45, 7) is 3.69. The minimum absolute atomic E-state index is 0.0254. The van der Waals surface area contributed by atoms with Gasteiger partial charge in [-0.25, -0.2) is 0 Å². The summed E-state index contributed by atoms with van der Waals surface area (Å²) < 4.78 is 4.83. The Bertz CT molecular complexity index is 627. The van der Waals surface area contributed by atoms with Crippen molar-refractivity contribution in [3.63, 3.8) is 0 Å². The number of nitrogens with zero attached hydrogens (tertiary/aromatic N) is 1. The van der Waals surface area contributed by atoms with Crippen molar-refractivity contribution >= 4 is 23.2 Å². The van der Waals surface area contributed by atoms with E-state index in [1.165, 1.54) is 0 Å². The number of hydrogen-bond donors (Lipinski definition) is 3. The molecule has 0 saturated carbocycles. The van der Waals surface area contributed by atoms with Gasteiger partial charge < -0.3 is 9.84 Å². The Kier molecular flexibility index (Phi) is 4.89. The monoisotopic (exact) mass is 304 g/mol. The molecule has 0 saturated heterocycles. The number of aromatic nitrogens is 1. The van der Waals surface area contributed by atoms with E-state index < -0.39 is 5.91 Å². The van der Waals surface area contributed by atoms with Crippen molar-refractivity contribution in [2.45, 2.75) is 19.9 Å². The maximum atomic E-state index is 11.7. The predicted molar refractivity (Wildman–Crippen MR) is 82.4 cm³/mol. The average molecular weight is 304 g/mol. The van der Waals surface area contributed by atoms with Gasteiger partial charge in [0, 0.05) is 6.07 Å². The van der Waals surface area contributed by atoms with E-state index >= 15 is 0 Å². The Morgan fingerprint density at radius 2 is 2.00 bits per heavy atom. The molecule has 0 fully saturated rings. The standard InChI is InChI=1S/C14H16N4O2S/c1-9-8-12(18-20-9)13(19)16-17-14(21)15-10(2)11-6-4-3-5-7-11/h3-8,10H,1-2H3,(H,16,19)(H2,15,17,21). The molecule has 0 bridgehead atoms. The summed E-state index contributed by atoms with van der Waals surface area (Å²) >= 11 is 5.12. The average Bonchev–Trinajstić information content (AvgIpc) is 2.92. The number of aryl methyl sites for hydroxylation is 1. The van der Waals surface area contributed by atoms with E-state index in [1.54, 1.807) is 13.0 Å². The van der Waals surface area contributed by atoms with Crippen molar-refractivity contribution in [3.05, 3.63) is 53.4 Å². The highest BCUT2D eigenvalue weighted by Gasteiger charge is 2.11. The van der Waals surface area contributed by atoms with Crippen molar-refractivity contribution in [2.24, 2.45) is 0 Å². The fourth-order valence-electron chi connectivity index (χ4n) is 1.71. The first-order chi connectivity index (χ1) is 10.1. The minimum atomic E-state index is -0.414. The second-order valence-corrected chi connectivity index (χ2v) is 4.92. The molecule has 7 heteroatoms. The molecule has 0 spiro atoms. The van der Waals surface area contributed by atoms with Crippen LogP contribution < -0.4 is 16.2 Å². The Hall–Kier alpha value is -2.41. The molecule has 1 amide bonds. The fraction of sp³-hybridized carbons (Fsp3) is 0.214. The zero-order valence-corrected chi connectivity index (χ0v) is 12.5. The molecule has 21 heavy (non-hydrogen) atoms. The van der Waals surface area contributed by atoms with E-state index in [0.29, 0.717) is 10.9 Å². The lowest BCUT2D eigenvalue weighted by molar-refractivity contribution is 0.0934. The Morgan fingerprint density at radius 1 is 1.29 bits per heavy atom. The number of hydrogen-bond acceptors (Lipinski definition) is 4. The molecule has 1 heterocycles. The molecular weight excluding hydrogens is 288 g/mol. The lowest BCUT2D eigenvalue weighted by Gasteiger charge is -2.17. The quantitative estimate of drug-likeness (QED) is 0.593. The Labute approximate surface area is 127 Å². The van der Waals surface area contributed by atoms with Gasteiger partial charge in [0.25, 0.3) is 5.91 Å². The first kappa shape index (κ1) is 15.0. The highest BCUT2D eigenvalue weighted by atomic mass is 32.1. The lowest BCUT2D eigenvalue weighted by Crippen LogP contribution is -2.47. The van der Waals surface area contributed by atoms with Crippen LogP contribution in [0.4, 0.5) is 0 Å². The van der Waals surface area contributed by atoms with Crippen LogP contribution in [-0.2, 0) is 0 Å². The number of thiocarbonyl (C=S) groups is 1. The smallest absolute Gasteiger partial charge is 0.291 e. The van der Waals surface area contributed by atoms with Gasteiger partial charge in [0.2, 0.25) is 0 Å². The summed E-state index contributed by atoms with van der Waals surface area (Å²) in [5, 5.41) is 7.00. The molecule has 0 aliphatic heterocycles. The lowest BCUT2D eigenvalue weighted by atomic mass is 10.1. The van der Waals surface area contributed by atoms with Crippen LogP contribution in [0.3, 0.4) is 0 Å². The molecule has 0 radical (unpaired) electrons. The molecule has 2 rings (SSSR count). The van der Waals surface area contributed by atoms with E-state index in [1.807, 2.05) is 37.3 Å². The van der Waals surface area contributed by atoms with Gasteiger partial charge in [-0.15, -0.1) is 0 Å². The summed E-state index contributed by atoms with van der Waals surface area (Å²) in [5.41, 5.74) is 6.37. The summed E-state index contributed by atoms with van der Waals surface area (Å²) in [6, 6.07) is 11.4. The number of carbonyl (C=O) groups is 1. The van der Waals surface area contributed by atoms with Crippen LogP contribution in [0.1, 0.15) is 34.8 Å². The Balaban J connectivity index is 1.81. The van der Waals surface area contributed by atoms with E-state index in [4.69, 9.17) is 16.7 Å². The van der Waals surface area contributed by atoms with Gasteiger partial charge >= 0.3 is 0 Å². The van der Waals surface area contributed by atoms with Crippen LogP contribution in [0.15, 0.2) is 40.9 Å². The minimum Gasteiger partial charge on any atom is -0.361 e. The molecule has 110 valence electrons. The first-order valence-electron chi connectivity index (χ1n) is 6.41. The molecule has 1 aromatic carbocycles. The highest BCUT2D eigenvalue weighted by molar-refractivity contribution is 7.80. The number of rotatable bonds is 3. The number of amides is 1. The second kappa shape index (κ2) is 6.85. The van der Waals surface area contributed by atoms with Gasteiger partial charge in [0.1, 0.15) is 5.76 Å². The fourth-order valence-corrected chi connectivity index (χ4v) is 1.94. The second-order valence-electron chi connectivity index (χ2n) is 4.51. The van der Waals surface area contributed by atoms with Gasteiger partial charge in [-0.2, -0.15) is 0 Å². The van der Waals surface area contributed by atoms with E-state index in [0.717, 1.165) is 5.56 Å². The largest absolute Gasteiger partial charge is 0.361 e. The number of hydrazine groups is 1. The van der Waals surface area contributed by atoms with Crippen LogP contribution in [0.5, 0.6) is 0 Å². The van der Waals surface area contributed by atoms with Gasteiger partial charge in [-0.1, -0.05) is 35.5 Å². The topological polar surface area (TPSA) is 79.2 Å². The molecule has 2 aromatic rings. The Morgan fingerprint density at radius 3 is 2.62 bits per heavy atom. The molecular formula is C14H16N4O2S. The third-order valence-electron chi connectivity index (χ3n) is 2.80. The predicted octanol–water partition coefficient (Wildman–Crippen LogP) is 1.85. The molecule has 1 aromatic heterocycles. The molecule has 3 N–H and O–H groups in total. The zero-order valence-electron chi connectivity index (χ0n) is 11.7. The summed E-state index contributed by atoms with van der Waals surface area (Å²) in [6.07, 6.45) is 0. The van der Waals surface area contributed by atoms with Crippen molar-refractivity contribution in [1.82, 2.24) is 21.3 Å². The van der Waals surface area contributed by atoms with E-state index in [2.05, 4.69) is 21.3 Å². The van der Waals surface area contributed by atoms with E-state index in [9.17, 15) is 4.79 Å². The van der Waals surface area contributed by atoms with Crippen molar-refractivity contribution in [2.75, 3.05) is 0 Å². The number of carbonyl (C=O) groups excluding carboxylic acids is 1. The first-order valence-corrected chi connectivity index (χ1v) is 6.82. The van der Waals surface area contributed by atoms with Gasteiger partial charge in [0.05, 0.1) is 6.04 Å². The maximum absolute atomic E-state index is 11.7. The van der Waals surface area contributed by atoms with Crippen molar-refractivity contribution < 1.29 is 9.32 Å². The highest BCUT2D eigenvalue weighted by Crippen LogP contribution is 2.10. The maximum Gasteiger partial charge on any atom is 0.291 e. The number of nitrogens with one attached hydrogen (secondary N) is 3. The third-order valence-corrected chi connectivity index (χ3v) is 3.02. The van der Waals surface area contributed by atoms with Crippen LogP contribution >= 0.6 is 12.2 Å². The molecule has 6 nitrogen and oxygen atoms in total. The van der Waals surface area contributed by atoms with Crippen molar-refractivity contribution in [1.29, 1.82) is 0 Å². The third kappa shape index (κ3) is 4.28. The molecule has 0 aliphatic carbocycles. The summed E-state index contributed by atoms with van der Waals surface area (Å²) in [4.78, 5) is 11.7. The SMILES string of the molecule is Cc1cc(C(=O)NNC(=S)NC(C)c2ccccc2)no1. The normalized spacial score (nSPS) is 11.5. The molecule has 0 aliphatic rings. The van der Waals surface area contributed by atoms with Gasteiger partial charge in [-0.05, 0) is 31.6 Å². The van der Waals surface area contributed by atoms with Crippen LogP contribution in [0, 0.1) is 6.92 Å². The van der Waals surface area contributed by atoms with Crippen LogP contribution in [0.2, 0.25) is 0 Å². The summed E-state index contributed by atoms with van der Waals surface area (Å²) in [7, 11) is 0. The van der Waals surface area contributed by atoms with Crippen molar-refractivity contribution in [3.8, 4) is 0 Å². The van der Waals surface area contributed by atoms with Crippen LogP contribution in [-0.4, -0.2) is 16.2 Å².